The Balaban J connectivity index is 1.51. The van der Waals surface area contributed by atoms with E-state index in [1.54, 1.807) is 36.4 Å². The molecule has 26 heavy (non-hydrogen) atoms. The van der Waals surface area contributed by atoms with E-state index in [0.717, 1.165) is 0 Å². The van der Waals surface area contributed by atoms with Crippen LogP contribution in [0.5, 0.6) is 0 Å². The molecule has 0 spiro atoms. The van der Waals surface area contributed by atoms with Gasteiger partial charge in [-0.3, -0.25) is 9.59 Å². The van der Waals surface area contributed by atoms with Crippen LogP contribution in [0.25, 0.3) is 10.9 Å². The summed E-state index contributed by atoms with van der Waals surface area (Å²) in [6, 6.07) is 12.2. The van der Waals surface area contributed by atoms with Gasteiger partial charge in [-0.15, -0.1) is 0 Å². The number of nitrogens with one attached hydrogen (secondary N) is 1. The van der Waals surface area contributed by atoms with Gasteiger partial charge in [0.1, 0.15) is 12.4 Å². The van der Waals surface area contributed by atoms with Gasteiger partial charge in [-0.25, -0.2) is 4.98 Å². The van der Waals surface area contributed by atoms with Crippen LogP contribution in [-0.4, -0.2) is 15.9 Å². The molecule has 0 radical (unpaired) electrons. The number of rotatable bonds is 6. The molecule has 2 aromatic carbocycles. The Kier molecular flexibility index (Phi) is 5.91. The van der Waals surface area contributed by atoms with Crippen molar-refractivity contribution in [2.75, 3.05) is 0 Å². The molecule has 0 aliphatic heterocycles. The smallest absolute Gasteiger partial charge is 0.306 e. The van der Waals surface area contributed by atoms with Crippen molar-refractivity contribution in [3.63, 3.8) is 0 Å². The average molecular weight is 391 g/mol. The van der Waals surface area contributed by atoms with Crippen molar-refractivity contribution < 1.29 is 9.53 Å². The highest BCUT2D eigenvalue weighted by atomic mass is 35.5. The molecule has 134 valence electrons. The second kappa shape index (κ2) is 8.34. The van der Waals surface area contributed by atoms with Crippen LogP contribution in [0.2, 0.25) is 10.0 Å². The third-order valence-electron chi connectivity index (χ3n) is 3.86. The Morgan fingerprint density at radius 3 is 2.77 bits per heavy atom. The molecular weight excluding hydrogens is 375 g/mol. The monoisotopic (exact) mass is 390 g/mol. The number of carbonyl (C=O) groups excluding carboxylic acids is 1. The third kappa shape index (κ3) is 4.62. The van der Waals surface area contributed by atoms with Gasteiger partial charge in [0.25, 0.3) is 5.56 Å². The number of hydrogen-bond donors (Lipinski definition) is 1. The maximum atomic E-state index is 12.0. The summed E-state index contributed by atoms with van der Waals surface area (Å²) in [6.07, 6.45) is 1.23. The summed E-state index contributed by atoms with van der Waals surface area (Å²) < 4.78 is 5.22. The summed E-state index contributed by atoms with van der Waals surface area (Å²) in [5.41, 5.74) is 1.17. The molecule has 0 atom stereocenters. The number of halogens is 2. The maximum Gasteiger partial charge on any atom is 0.306 e. The van der Waals surface area contributed by atoms with Crippen LogP contribution in [0.15, 0.2) is 47.3 Å². The molecule has 0 amide bonds. The largest absolute Gasteiger partial charge is 0.461 e. The number of aromatic amines is 1. The molecule has 7 heteroatoms. The Labute approximate surface area is 159 Å². The van der Waals surface area contributed by atoms with Crippen molar-refractivity contribution in [3.8, 4) is 0 Å². The van der Waals surface area contributed by atoms with Gasteiger partial charge >= 0.3 is 5.97 Å². The number of hydrogen-bond acceptors (Lipinski definition) is 4. The van der Waals surface area contributed by atoms with Gasteiger partial charge < -0.3 is 9.72 Å². The van der Waals surface area contributed by atoms with E-state index in [4.69, 9.17) is 27.9 Å². The van der Waals surface area contributed by atoms with Crippen molar-refractivity contribution in [2.24, 2.45) is 0 Å². The quantitative estimate of drug-likeness (QED) is 0.636. The lowest BCUT2D eigenvalue weighted by Gasteiger charge is -2.07. The van der Waals surface area contributed by atoms with Crippen molar-refractivity contribution in [1.29, 1.82) is 0 Å². The summed E-state index contributed by atoms with van der Waals surface area (Å²) >= 11 is 11.9. The topological polar surface area (TPSA) is 72.0 Å². The number of ether oxygens (including phenoxy) is 1. The molecule has 0 fully saturated rings. The molecule has 1 N–H and O–H groups in total. The first-order valence-corrected chi connectivity index (χ1v) is 8.86. The molecular formula is C19H16Cl2N2O3. The molecule has 0 saturated carbocycles. The van der Waals surface area contributed by atoms with Crippen LogP contribution in [0.4, 0.5) is 0 Å². The Hall–Kier alpha value is -2.37. The van der Waals surface area contributed by atoms with Gasteiger partial charge in [0.05, 0.1) is 10.9 Å². The number of nitrogens with zero attached hydrogens (tertiary/aromatic N) is 1. The van der Waals surface area contributed by atoms with Gasteiger partial charge in [0, 0.05) is 28.5 Å². The molecule has 3 rings (SSSR count). The predicted molar refractivity (Wildman–Crippen MR) is 102 cm³/mol. The molecule has 0 aliphatic rings. The molecule has 0 aliphatic carbocycles. The van der Waals surface area contributed by atoms with Crippen LogP contribution in [0, 0.1) is 0 Å². The normalized spacial score (nSPS) is 10.8. The van der Waals surface area contributed by atoms with E-state index in [2.05, 4.69) is 9.97 Å². The fraction of sp³-hybridized carbons (Fsp3) is 0.211. The lowest BCUT2D eigenvalue weighted by molar-refractivity contribution is -0.145. The lowest BCUT2D eigenvalue weighted by atomic mass is 10.2. The number of aromatic nitrogens is 2. The fourth-order valence-corrected chi connectivity index (χ4v) is 2.99. The van der Waals surface area contributed by atoms with E-state index in [-0.39, 0.29) is 24.6 Å². The summed E-state index contributed by atoms with van der Waals surface area (Å²) in [6.45, 7) is 0.0971. The zero-order valence-corrected chi connectivity index (χ0v) is 15.3. The van der Waals surface area contributed by atoms with E-state index >= 15 is 0 Å². The van der Waals surface area contributed by atoms with E-state index in [9.17, 15) is 9.59 Å². The number of benzene rings is 2. The SMILES string of the molecule is O=C(CCCc1nc2ccccc2c(=O)[nH]1)OCc1ccc(Cl)cc1Cl. The fourth-order valence-electron chi connectivity index (χ4n) is 2.52. The van der Waals surface area contributed by atoms with Crippen LogP contribution < -0.4 is 5.56 Å². The minimum atomic E-state index is -0.334. The first kappa shape index (κ1) is 18.4. The number of para-hydroxylation sites is 1. The second-order valence-electron chi connectivity index (χ2n) is 5.78. The molecule has 0 bridgehead atoms. The Morgan fingerprint density at radius 2 is 1.96 bits per heavy atom. The molecule has 3 aromatic rings. The first-order chi connectivity index (χ1) is 12.5. The summed E-state index contributed by atoms with van der Waals surface area (Å²) in [4.78, 5) is 31.0. The zero-order chi connectivity index (χ0) is 18.5. The van der Waals surface area contributed by atoms with Crippen LogP contribution in [0.1, 0.15) is 24.2 Å². The molecule has 5 nitrogen and oxygen atoms in total. The Bertz CT molecular complexity index is 1000. The second-order valence-corrected chi connectivity index (χ2v) is 6.62. The molecule has 0 unspecified atom stereocenters. The first-order valence-electron chi connectivity index (χ1n) is 8.10. The molecule has 0 saturated heterocycles. The van der Waals surface area contributed by atoms with Gasteiger partial charge in [0.15, 0.2) is 0 Å². The predicted octanol–water partition coefficient (Wildman–Crippen LogP) is 4.30. The van der Waals surface area contributed by atoms with Crippen LogP contribution in [0.3, 0.4) is 0 Å². The van der Waals surface area contributed by atoms with Gasteiger partial charge in [-0.05, 0) is 30.7 Å². The van der Waals surface area contributed by atoms with E-state index in [1.165, 1.54) is 0 Å². The summed E-state index contributed by atoms with van der Waals surface area (Å²) in [5.74, 6) is 0.224. The highest BCUT2D eigenvalue weighted by Crippen LogP contribution is 2.21. The maximum absolute atomic E-state index is 12.0. The van der Waals surface area contributed by atoms with Gasteiger partial charge in [0.2, 0.25) is 0 Å². The molecule has 1 heterocycles. The van der Waals surface area contributed by atoms with Gasteiger partial charge in [-0.1, -0.05) is 41.4 Å². The number of esters is 1. The Morgan fingerprint density at radius 1 is 1.15 bits per heavy atom. The average Bonchev–Trinajstić information content (AvgIpc) is 2.61. The highest BCUT2D eigenvalue weighted by Gasteiger charge is 2.08. The van der Waals surface area contributed by atoms with Crippen molar-refractivity contribution in [2.45, 2.75) is 25.9 Å². The standard InChI is InChI=1S/C19H16Cl2N2O3/c20-13-9-8-12(15(21)10-13)11-26-18(24)7-3-6-17-22-16-5-2-1-4-14(16)19(25)23-17/h1-2,4-5,8-10H,3,6-7,11H2,(H,22,23,25). The van der Waals surface area contributed by atoms with Crippen LogP contribution in [-0.2, 0) is 22.6 Å². The zero-order valence-electron chi connectivity index (χ0n) is 13.8. The van der Waals surface area contributed by atoms with E-state index in [0.29, 0.717) is 45.2 Å². The minimum absolute atomic E-state index is 0.0971. The highest BCUT2D eigenvalue weighted by molar-refractivity contribution is 6.35. The van der Waals surface area contributed by atoms with Crippen molar-refractivity contribution in [3.05, 3.63) is 74.3 Å². The third-order valence-corrected chi connectivity index (χ3v) is 4.45. The lowest BCUT2D eigenvalue weighted by Crippen LogP contribution is -2.12. The number of aryl methyl sites for hydroxylation is 1. The van der Waals surface area contributed by atoms with Crippen LogP contribution >= 0.6 is 23.2 Å². The summed E-state index contributed by atoms with van der Waals surface area (Å²) in [5, 5.41) is 1.54. The molecule has 1 aromatic heterocycles. The number of carbonyl (C=O) groups is 1. The number of H-pyrrole nitrogens is 1. The van der Waals surface area contributed by atoms with E-state index < -0.39 is 0 Å². The van der Waals surface area contributed by atoms with E-state index in [1.807, 2.05) is 6.07 Å². The number of fused-ring (bicyclic) bond motifs is 1. The van der Waals surface area contributed by atoms with Gasteiger partial charge in [-0.2, -0.15) is 0 Å². The van der Waals surface area contributed by atoms with Crippen molar-refractivity contribution >= 4 is 40.1 Å². The van der Waals surface area contributed by atoms with Crippen molar-refractivity contribution in [1.82, 2.24) is 9.97 Å². The minimum Gasteiger partial charge on any atom is -0.461 e. The summed E-state index contributed by atoms with van der Waals surface area (Å²) in [7, 11) is 0.